The first-order valence-corrected chi connectivity index (χ1v) is 2.00. The van der Waals surface area contributed by atoms with Gasteiger partial charge in [0.15, 0.2) is 0 Å². The van der Waals surface area contributed by atoms with E-state index < -0.39 is 10.4 Å². The van der Waals surface area contributed by atoms with Crippen LogP contribution in [0.2, 0.25) is 0 Å². The van der Waals surface area contributed by atoms with Crippen molar-refractivity contribution in [2.45, 2.75) is 0 Å². The molecule has 0 bridgehead atoms. The van der Waals surface area contributed by atoms with Gasteiger partial charge < -0.3 is 36.5 Å². The maximum atomic E-state index is 8.52. The van der Waals surface area contributed by atoms with Crippen LogP contribution in [0.1, 0.15) is 0 Å². The van der Waals surface area contributed by atoms with Crippen molar-refractivity contribution in [3.63, 3.8) is 0 Å². The quantitative estimate of drug-likeness (QED) is 0.237. The van der Waals surface area contributed by atoms with Gasteiger partial charge >= 0.3 is 46.6 Å². The van der Waals surface area contributed by atoms with Crippen molar-refractivity contribution in [2.24, 2.45) is 0 Å². The van der Waals surface area contributed by atoms with Crippen LogP contribution >= 0.6 is 0 Å². The van der Waals surface area contributed by atoms with E-state index in [1.54, 1.807) is 0 Å². The van der Waals surface area contributed by atoms with Crippen LogP contribution in [0.4, 0.5) is 0 Å². The molecule has 12 heteroatoms. The smallest absolute Gasteiger partial charge is 0.759 e. The molecule has 0 aromatic heterocycles. The van der Waals surface area contributed by atoms with E-state index in [1.807, 2.05) is 0 Å². The minimum Gasteiger partial charge on any atom is -0.759 e. The second kappa shape index (κ2) is 29.5. The standard InChI is InChI=1S/Cu.Na.H2O4S.5H2O/c;;1-5(2,3)4;;;;;/h;;(H2,1,2,3,4);5*1H2/q+2;+1;;;;;;/p-2. The van der Waals surface area contributed by atoms with Gasteiger partial charge in [-0.05, 0) is 0 Å². The van der Waals surface area contributed by atoms with Crippen LogP contribution in [-0.2, 0) is 27.5 Å². The summed E-state index contributed by atoms with van der Waals surface area (Å²) < 4.78 is 34.1. The summed E-state index contributed by atoms with van der Waals surface area (Å²) in [7, 11) is -5.17. The van der Waals surface area contributed by atoms with Crippen molar-refractivity contribution >= 4 is 10.4 Å². The summed E-state index contributed by atoms with van der Waals surface area (Å²) in [6, 6.07) is 0. The third-order valence-electron chi connectivity index (χ3n) is 0. The van der Waals surface area contributed by atoms with E-state index in [2.05, 4.69) is 0 Å². The Morgan fingerprint density at radius 3 is 0.750 bits per heavy atom. The summed E-state index contributed by atoms with van der Waals surface area (Å²) in [5, 5.41) is 0. The molecular formula is H10CuNaO9S+. The van der Waals surface area contributed by atoms with Gasteiger partial charge in [0.05, 0.1) is 0 Å². The van der Waals surface area contributed by atoms with Gasteiger partial charge in [-0.15, -0.1) is 0 Å². The molecular weight excluding hydrogens is 263 g/mol. The Labute approximate surface area is 101 Å². The molecule has 10 N–H and O–H groups in total. The van der Waals surface area contributed by atoms with Gasteiger partial charge in [0.1, 0.15) is 0 Å². The van der Waals surface area contributed by atoms with Gasteiger partial charge in [-0.25, -0.2) is 0 Å². The van der Waals surface area contributed by atoms with Crippen LogP contribution in [0.5, 0.6) is 0 Å². The van der Waals surface area contributed by atoms with Crippen LogP contribution in [0.15, 0.2) is 0 Å². The van der Waals surface area contributed by atoms with Crippen LogP contribution in [0.3, 0.4) is 0 Å². The summed E-state index contributed by atoms with van der Waals surface area (Å²) in [5.74, 6) is 0. The number of hydrogen-bond donors (Lipinski definition) is 0. The second-order valence-corrected chi connectivity index (χ2v) is 1.22. The Bertz CT molecular complexity index is 97.7. The molecule has 9 nitrogen and oxygen atoms in total. The van der Waals surface area contributed by atoms with E-state index in [0.717, 1.165) is 0 Å². The molecule has 0 spiro atoms. The van der Waals surface area contributed by atoms with Crippen LogP contribution in [-0.4, -0.2) is 44.9 Å². The van der Waals surface area contributed by atoms with E-state index in [0.29, 0.717) is 0 Å². The monoisotopic (exact) mass is 272 g/mol. The summed E-state index contributed by atoms with van der Waals surface area (Å²) >= 11 is 0. The SMILES string of the molecule is O.O.O.O.O.O=S(=O)([O-])[O-].[Cu+2].[Na+]. The number of hydrogen-bond acceptors (Lipinski definition) is 4. The van der Waals surface area contributed by atoms with Crippen LogP contribution in [0, 0.1) is 0 Å². The molecule has 0 aliphatic carbocycles. The molecule has 0 heterocycles. The molecule has 0 aromatic carbocycles. The fourth-order valence-electron chi connectivity index (χ4n) is 0. The molecule has 0 aliphatic rings. The van der Waals surface area contributed by atoms with E-state index in [9.17, 15) is 0 Å². The van der Waals surface area contributed by atoms with Crippen LogP contribution < -0.4 is 29.6 Å². The molecule has 0 rings (SSSR count). The van der Waals surface area contributed by atoms with E-state index in [1.165, 1.54) is 0 Å². The second-order valence-electron chi connectivity index (χ2n) is 0.408. The van der Waals surface area contributed by atoms with E-state index in [-0.39, 0.29) is 74.0 Å². The Hall–Kier alpha value is 1.19. The van der Waals surface area contributed by atoms with Gasteiger partial charge in [0, 0.05) is 10.4 Å². The maximum absolute atomic E-state index is 8.52. The van der Waals surface area contributed by atoms with Gasteiger partial charge in [-0.2, -0.15) is 0 Å². The van der Waals surface area contributed by atoms with Crippen molar-refractivity contribution in [3.8, 4) is 0 Å². The zero-order valence-electron chi connectivity index (χ0n) is 5.84. The first-order chi connectivity index (χ1) is 2.00. The third-order valence-corrected chi connectivity index (χ3v) is 0. The Morgan fingerprint density at radius 1 is 0.750 bits per heavy atom. The van der Waals surface area contributed by atoms with Gasteiger partial charge in [-0.3, -0.25) is 8.42 Å². The predicted octanol–water partition coefficient (Wildman–Crippen LogP) is -8.46. The summed E-state index contributed by atoms with van der Waals surface area (Å²) in [6.07, 6.45) is 0. The van der Waals surface area contributed by atoms with Crippen molar-refractivity contribution in [3.05, 3.63) is 0 Å². The Morgan fingerprint density at radius 2 is 0.750 bits per heavy atom. The predicted molar refractivity (Wildman–Crippen MR) is 28.5 cm³/mol. The molecule has 0 saturated carbocycles. The Kier molecular flexibility index (Phi) is 179. The molecule has 0 saturated heterocycles. The van der Waals surface area contributed by atoms with Crippen LogP contribution in [0.25, 0.3) is 0 Å². The first-order valence-electron chi connectivity index (χ1n) is 0.667. The van der Waals surface area contributed by atoms with Gasteiger partial charge in [0.25, 0.3) is 0 Å². The van der Waals surface area contributed by atoms with E-state index >= 15 is 0 Å². The fourth-order valence-corrected chi connectivity index (χ4v) is 0. The largest absolute Gasteiger partial charge is 2.00 e. The average molecular weight is 273 g/mol. The fraction of sp³-hybridized carbons (Fsp3) is 0. The molecule has 81 valence electrons. The molecule has 0 amide bonds. The van der Waals surface area contributed by atoms with Gasteiger partial charge in [-0.1, -0.05) is 0 Å². The average Bonchev–Trinajstić information content (AvgIpc) is 0.722. The van der Waals surface area contributed by atoms with Crippen molar-refractivity contribution < 1.29 is 91.5 Å². The minimum absolute atomic E-state index is 0. The first kappa shape index (κ1) is 72.8. The Balaban J connectivity index is -0.00000000381. The molecule has 1 radical (unpaired) electrons. The molecule has 0 fully saturated rings. The molecule has 0 aromatic rings. The number of rotatable bonds is 0. The van der Waals surface area contributed by atoms with Gasteiger partial charge in [0.2, 0.25) is 0 Å². The van der Waals surface area contributed by atoms with Crippen molar-refractivity contribution in [2.75, 3.05) is 0 Å². The topological polar surface area (TPSA) is 238 Å². The summed E-state index contributed by atoms with van der Waals surface area (Å²) in [5.41, 5.74) is 0. The maximum Gasteiger partial charge on any atom is 2.00 e. The molecule has 0 unspecified atom stereocenters. The zero-order valence-corrected chi connectivity index (χ0v) is 9.60. The van der Waals surface area contributed by atoms with Crippen molar-refractivity contribution in [1.82, 2.24) is 0 Å². The summed E-state index contributed by atoms with van der Waals surface area (Å²) in [6.45, 7) is 0. The third kappa shape index (κ3) is 821. The van der Waals surface area contributed by atoms with Crippen molar-refractivity contribution in [1.29, 1.82) is 0 Å². The normalized spacial score (nSPS) is 4.83. The molecule has 12 heavy (non-hydrogen) atoms. The minimum atomic E-state index is -5.17. The molecule has 0 atom stereocenters. The van der Waals surface area contributed by atoms with E-state index in [4.69, 9.17) is 17.5 Å². The zero-order chi connectivity index (χ0) is 4.50. The summed E-state index contributed by atoms with van der Waals surface area (Å²) in [4.78, 5) is 0. The molecule has 0 aliphatic heterocycles.